The minimum Gasteiger partial charge on any atom is -0.342 e. The highest BCUT2D eigenvalue weighted by Gasteiger charge is 2.08. The van der Waals surface area contributed by atoms with Gasteiger partial charge in [0.25, 0.3) is 0 Å². The number of benzene rings is 1. The summed E-state index contributed by atoms with van der Waals surface area (Å²) in [5, 5.41) is 3.98. The molecule has 0 aliphatic carbocycles. The summed E-state index contributed by atoms with van der Waals surface area (Å²) in [5.74, 6) is 0. The van der Waals surface area contributed by atoms with E-state index in [2.05, 4.69) is 38.4 Å². The van der Waals surface area contributed by atoms with Crippen LogP contribution in [0, 0.1) is 13.8 Å². The van der Waals surface area contributed by atoms with Gasteiger partial charge in [-0.2, -0.15) is 0 Å². The van der Waals surface area contributed by atoms with E-state index in [1.165, 1.54) is 11.1 Å². The number of thiocarbonyl (C=S) groups is 1. The van der Waals surface area contributed by atoms with Crippen molar-refractivity contribution < 1.29 is 0 Å². The Balaban J connectivity index is 2.81. The molecule has 18 heavy (non-hydrogen) atoms. The Morgan fingerprint density at radius 2 is 1.89 bits per heavy atom. The van der Waals surface area contributed by atoms with Crippen LogP contribution in [0.1, 0.15) is 11.1 Å². The maximum absolute atomic E-state index is 5.41. The molecule has 96 valence electrons. The summed E-state index contributed by atoms with van der Waals surface area (Å²) in [7, 11) is 0. The zero-order valence-electron chi connectivity index (χ0n) is 11.1. The van der Waals surface area contributed by atoms with Gasteiger partial charge in [0.2, 0.25) is 0 Å². The molecule has 0 aliphatic rings. The van der Waals surface area contributed by atoms with Crippen molar-refractivity contribution in [3.8, 4) is 0 Å². The van der Waals surface area contributed by atoms with Gasteiger partial charge in [0, 0.05) is 18.8 Å². The molecule has 1 N–H and O–H groups in total. The van der Waals surface area contributed by atoms with Gasteiger partial charge in [-0.3, -0.25) is 0 Å². The van der Waals surface area contributed by atoms with E-state index < -0.39 is 0 Å². The summed E-state index contributed by atoms with van der Waals surface area (Å²) in [6.45, 7) is 13.1. The first-order chi connectivity index (χ1) is 8.60. The van der Waals surface area contributed by atoms with Gasteiger partial charge in [0.1, 0.15) is 0 Å². The van der Waals surface area contributed by atoms with Crippen LogP contribution in [0.15, 0.2) is 43.5 Å². The van der Waals surface area contributed by atoms with Gasteiger partial charge in [0.05, 0.1) is 0 Å². The van der Waals surface area contributed by atoms with E-state index in [1.54, 1.807) is 0 Å². The zero-order chi connectivity index (χ0) is 13.5. The second kappa shape index (κ2) is 6.97. The van der Waals surface area contributed by atoms with Crippen molar-refractivity contribution >= 4 is 23.0 Å². The predicted octanol–water partition coefficient (Wildman–Crippen LogP) is 3.67. The summed E-state index contributed by atoms with van der Waals surface area (Å²) in [4.78, 5) is 2.01. The van der Waals surface area contributed by atoms with Gasteiger partial charge in [0.15, 0.2) is 5.11 Å². The number of hydrogen-bond donors (Lipinski definition) is 1. The normalized spacial score (nSPS) is 9.67. The highest BCUT2D eigenvalue weighted by Crippen LogP contribution is 2.18. The molecule has 0 heterocycles. The number of nitrogens with zero attached hydrogens (tertiary/aromatic N) is 1. The van der Waals surface area contributed by atoms with Crippen LogP contribution in [0.25, 0.3) is 0 Å². The third-order valence-corrected chi connectivity index (χ3v) is 3.19. The Labute approximate surface area is 115 Å². The Bertz CT molecular complexity index is 442. The molecule has 0 saturated carbocycles. The van der Waals surface area contributed by atoms with Gasteiger partial charge < -0.3 is 10.2 Å². The number of nitrogens with one attached hydrogen (secondary N) is 1. The highest BCUT2D eigenvalue weighted by molar-refractivity contribution is 7.80. The fourth-order valence-electron chi connectivity index (χ4n) is 1.63. The van der Waals surface area contributed by atoms with Crippen molar-refractivity contribution in [2.24, 2.45) is 0 Å². The molecular weight excluding hydrogens is 240 g/mol. The molecule has 0 unspecified atom stereocenters. The summed E-state index contributed by atoms with van der Waals surface area (Å²) in [6, 6.07) is 6.15. The molecular formula is C15H20N2S. The van der Waals surface area contributed by atoms with Crippen molar-refractivity contribution in [2.75, 3.05) is 18.4 Å². The molecule has 0 amide bonds. The SMILES string of the molecule is C=CCN(CC=C)C(=S)Nc1cccc(C)c1C. The van der Waals surface area contributed by atoms with Crippen LogP contribution in [-0.4, -0.2) is 23.1 Å². The van der Waals surface area contributed by atoms with E-state index in [0.29, 0.717) is 18.2 Å². The second-order valence-electron chi connectivity index (χ2n) is 4.16. The van der Waals surface area contributed by atoms with Crippen LogP contribution in [0.3, 0.4) is 0 Å². The molecule has 0 saturated heterocycles. The van der Waals surface area contributed by atoms with E-state index in [4.69, 9.17) is 12.2 Å². The van der Waals surface area contributed by atoms with E-state index in [0.717, 1.165) is 5.69 Å². The second-order valence-corrected chi connectivity index (χ2v) is 4.55. The lowest BCUT2D eigenvalue weighted by Gasteiger charge is -2.24. The fourth-order valence-corrected chi connectivity index (χ4v) is 1.89. The van der Waals surface area contributed by atoms with Gasteiger partial charge in [-0.25, -0.2) is 0 Å². The molecule has 1 rings (SSSR count). The van der Waals surface area contributed by atoms with E-state index in [1.807, 2.05) is 29.2 Å². The maximum Gasteiger partial charge on any atom is 0.173 e. The van der Waals surface area contributed by atoms with Crippen molar-refractivity contribution in [2.45, 2.75) is 13.8 Å². The minimum atomic E-state index is 0.698. The van der Waals surface area contributed by atoms with Crippen LogP contribution in [0.4, 0.5) is 5.69 Å². The quantitative estimate of drug-likeness (QED) is 0.642. The Kier molecular flexibility index (Phi) is 5.59. The molecule has 0 aromatic heterocycles. The Hall–Kier alpha value is -1.61. The topological polar surface area (TPSA) is 15.3 Å². The molecule has 1 aromatic rings. The third-order valence-electron chi connectivity index (χ3n) is 2.83. The summed E-state index contributed by atoms with van der Waals surface area (Å²) in [5.41, 5.74) is 3.52. The van der Waals surface area contributed by atoms with Gasteiger partial charge in [-0.05, 0) is 43.3 Å². The number of hydrogen-bond acceptors (Lipinski definition) is 1. The smallest absolute Gasteiger partial charge is 0.173 e. The van der Waals surface area contributed by atoms with Crippen LogP contribution in [0.5, 0.6) is 0 Å². The molecule has 1 aromatic carbocycles. The fraction of sp³-hybridized carbons (Fsp3) is 0.267. The number of rotatable bonds is 5. The van der Waals surface area contributed by atoms with Crippen LogP contribution < -0.4 is 5.32 Å². The van der Waals surface area contributed by atoms with Gasteiger partial charge in [-0.15, -0.1) is 13.2 Å². The average molecular weight is 260 g/mol. The first-order valence-corrected chi connectivity index (χ1v) is 6.35. The number of aryl methyl sites for hydroxylation is 1. The zero-order valence-corrected chi connectivity index (χ0v) is 11.9. The van der Waals surface area contributed by atoms with Crippen LogP contribution in [0.2, 0.25) is 0 Å². The summed E-state index contributed by atoms with van der Waals surface area (Å²) < 4.78 is 0. The third kappa shape index (κ3) is 3.70. The monoisotopic (exact) mass is 260 g/mol. The van der Waals surface area contributed by atoms with Crippen molar-refractivity contribution in [1.82, 2.24) is 4.90 Å². The lowest BCUT2D eigenvalue weighted by Crippen LogP contribution is -2.35. The summed E-state index contributed by atoms with van der Waals surface area (Å²) in [6.07, 6.45) is 3.67. The van der Waals surface area contributed by atoms with E-state index in [-0.39, 0.29) is 0 Å². The first-order valence-electron chi connectivity index (χ1n) is 5.94. The van der Waals surface area contributed by atoms with Crippen LogP contribution >= 0.6 is 12.2 Å². The Morgan fingerprint density at radius 1 is 1.28 bits per heavy atom. The first kappa shape index (κ1) is 14.5. The van der Waals surface area contributed by atoms with Gasteiger partial charge >= 0.3 is 0 Å². The maximum atomic E-state index is 5.41. The lowest BCUT2D eigenvalue weighted by atomic mass is 10.1. The molecule has 3 heteroatoms. The molecule has 2 nitrogen and oxygen atoms in total. The van der Waals surface area contributed by atoms with Crippen molar-refractivity contribution in [3.05, 3.63) is 54.6 Å². The molecule has 0 aliphatic heterocycles. The average Bonchev–Trinajstić information content (AvgIpc) is 2.34. The van der Waals surface area contributed by atoms with Crippen LogP contribution in [-0.2, 0) is 0 Å². The van der Waals surface area contributed by atoms with Crippen molar-refractivity contribution in [1.29, 1.82) is 0 Å². The number of anilines is 1. The molecule has 0 fully saturated rings. The minimum absolute atomic E-state index is 0.698. The molecule has 0 atom stereocenters. The molecule has 0 spiro atoms. The van der Waals surface area contributed by atoms with Crippen molar-refractivity contribution in [3.63, 3.8) is 0 Å². The van der Waals surface area contributed by atoms with E-state index in [9.17, 15) is 0 Å². The summed E-state index contributed by atoms with van der Waals surface area (Å²) >= 11 is 5.41. The standard InChI is InChI=1S/C15H20N2S/c1-5-10-17(11-6-2)15(18)16-14-9-7-8-12(3)13(14)4/h5-9H,1-2,10-11H2,3-4H3,(H,16,18). The highest BCUT2D eigenvalue weighted by atomic mass is 32.1. The largest absolute Gasteiger partial charge is 0.342 e. The molecule has 0 bridgehead atoms. The van der Waals surface area contributed by atoms with E-state index >= 15 is 0 Å². The molecule has 0 radical (unpaired) electrons. The lowest BCUT2D eigenvalue weighted by molar-refractivity contribution is 0.522. The predicted molar refractivity (Wildman–Crippen MR) is 84.1 cm³/mol. The van der Waals surface area contributed by atoms with Gasteiger partial charge in [-0.1, -0.05) is 24.3 Å². The Morgan fingerprint density at radius 3 is 2.44 bits per heavy atom.